The van der Waals surface area contributed by atoms with Crippen molar-refractivity contribution < 1.29 is 17.8 Å². The second kappa shape index (κ2) is 5.80. The SMILES string of the molecule is CN(C)P(=O)(F)O[C@H]1CCCC[C@@H]1[N+]1(C)CCCC1. The second-order valence-electron chi connectivity index (χ2n) is 6.43. The van der Waals surface area contributed by atoms with Crippen molar-refractivity contribution in [2.45, 2.75) is 50.7 Å². The fourth-order valence-electron chi connectivity index (χ4n) is 3.56. The summed E-state index contributed by atoms with van der Waals surface area (Å²) in [7, 11) is 1.08. The van der Waals surface area contributed by atoms with E-state index in [9.17, 15) is 8.76 Å². The van der Waals surface area contributed by atoms with E-state index in [1.165, 1.54) is 33.4 Å². The highest BCUT2D eigenvalue weighted by Gasteiger charge is 2.45. The largest absolute Gasteiger partial charge is 0.445 e. The summed E-state index contributed by atoms with van der Waals surface area (Å²) < 4.78 is 33.4. The summed E-state index contributed by atoms with van der Waals surface area (Å²) in [5.41, 5.74) is 0. The molecule has 4 nitrogen and oxygen atoms in total. The standard InChI is InChI=1S/C13H27FN2O2P/c1-15(2)19(14,17)18-13-9-5-4-8-12(13)16(3)10-6-7-11-16/h12-13H,4-11H2,1-3H3/q+1/t12-,13-,19?/m0/s1. The van der Waals surface area contributed by atoms with Crippen LogP contribution in [0.5, 0.6) is 0 Å². The van der Waals surface area contributed by atoms with Gasteiger partial charge in [-0.25, -0.2) is 9.24 Å². The maximum Gasteiger partial charge on any atom is 0.445 e. The van der Waals surface area contributed by atoms with Crippen molar-refractivity contribution in [3.05, 3.63) is 0 Å². The molecule has 1 saturated carbocycles. The predicted molar refractivity (Wildman–Crippen MR) is 74.7 cm³/mol. The third kappa shape index (κ3) is 3.38. The minimum atomic E-state index is -4.12. The first kappa shape index (κ1) is 15.4. The number of likely N-dealkylation sites (N-methyl/N-ethyl adjacent to an activating group) is 1. The molecule has 2 aliphatic rings. The number of halogens is 1. The fourth-order valence-corrected chi connectivity index (χ4v) is 4.33. The lowest BCUT2D eigenvalue weighted by Crippen LogP contribution is -2.56. The molecule has 0 spiro atoms. The average molecular weight is 293 g/mol. The van der Waals surface area contributed by atoms with E-state index in [0.717, 1.165) is 41.5 Å². The first-order valence-corrected chi connectivity index (χ1v) is 8.82. The molecule has 6 heteroatoms. The number of likely N-dealkylation sites (tertiary alicyclic amines) is 1. The number of nitrogens with zero attached hydrogens (tertiary/aromatic N) is 2. The smallest absolute Gasteiger partial charge is 0.321 e. The third-order valence-corrected chi connectivity index (χ3v) is 6.29. The van der Waals surface area contributed by atoms with E-state index in [0.29, 0.717) is 6.04 Å². The normalized spacial score (nSPS) is 34.4. The van der Waals surface area contributed by atoms with Crippen molar-refractivity contribution in [1.82, 2.24) is 4.67 Å². The van der Waals surface area contributed by atoms with Crippen molar-refractivity contribution in [2.24, 2.45) is 0 Å². The van der Waals surface area contributed by atoms with E-state index in [1.54, 1.807) is 0 Å². The molecular formula is C13H27FN2O2P+. The van der Waals surface area contributed by atoms with Crippen LogP contribution >= 0.6 is 7.83 Å². The van der Waals surface area contributed by atoms with Crippen molar-refractivity contribution in [3.63, 3.8) is 0 Å². The Balaban J connectivity index is 2.10. The molecule has 0 radical (unpaired) electrons. The van der Waals surface area contributed by atoms with E-state index in [2.05, 4.69) is 7.05 Å². The van der Waals surface area contributed by atoms with Crippen molar-refractivity contribution in [2.75, 3.05) is 34.2 Å². The average Bonchev–Trinajstić information content (AvgIpc) is 2.77. The number of rotatable bonds is 4. The van der Waals surface area contributed by atoms with Gasteiger partial charge in [-0.05, 0) is 26.9 Å². The Hall–Kier alpha value is 0.0400. The predicted octanol–water partition coefficient (Wildman–Crippen LogP) is 3.19. The maximum absolute atomic E-state index is 14.0. The van der Waals surface area contributed by atoms with Gasteiger partial charge in [0.1, 0.15) is 12.1 Å². The number of quaternary nitrogens is 1. The van der Waals surface area contributed by atoms with Gasteiger partial charge >= 0.3 is 7.83 Å². The Morgan fingerprint density at radius 2 is 1.74 bits per heavy atom. The monoisotopic (exact) mass is 293 g/mol. The molecule has 112 valence electrons. The summed E-state index contributed by atoms with van der Waals surface area (Å²) in [5.74, 6) is 0. The van der Waals surface area contributed by atoms with Crippen LogP contribution in [0.15, 0.2) is 0 Å². The van der Waals surface area contributed by atoms with Crippen LogP contribution in [-0.4, -0.2) is 55.5 Å². The van der Waals surface area contributed by atoms with E-state index < -0.39 is 7.83 Å². The Kier molecular flexibility index (Phi) is 4.71. The molecule has 19 heavy (non-hydrogen) atoms. The molecule has 2 rings (SSSR count). The van der Waals surface area contributed by atoms with E-state index in [1.807, 2.05) is 0 Å². The van der Waals surface area contributed by atoms with Crippen LogP contribution in [0.3, 0.4) is 0 Å². The highest BCUT2D eigenvalue weighted by molar-refractivity contribution is 7.50. The zero-order chi connectivity index (χ0) is 14.1. The van der Waals surface area contributed by atoms with E-state index in [4.69, 9.17) is 4.52 Å². The van der Waals surface area contributed by atoms with Crippen LogP contribution in [0.1, 0.15) is 38.5 Å². The lowest BCUT2D eigenvalue weighted by Gasteiger charge is -2.44. The lowest BCUT2D eigenvalue weighted by atomic mass is 9.90. The van der Waals surface area contributed by atoms with Crippen LogP contribution in [-0.2, 0) is 9.09 Å². The van der Waals surface area contributed by atoms with Gasteiger partial charge in [-0.15, -0.1) is 4.20 Å². The van der Waals surface area contributed by atoms with Gasteiger partial charge in [0.25, 0.3) is 0 Å². The molecule has 3 atom stereocenters. The molecule has 0 aromatic rings. The zero-order valence-corrected chi connectivity index (χ0v) is 13.2. The molecule has 2 fully saturated rings. The van der Waals surface area contributed by atoms with Crippen molar-refractivity contribution >= 4 is 7.83 Å². The summed E-state index contributed by atoms with van der Waals surface area (Å²) in [6.45, 7) is 2.28. The van der Waals surface area contributed by atoms with Gasteiger partial charge in [-0.3, -0.25) is 4.52 Å². The molecule has 0 amide bonds. The third-order valence-electron chi connectivity index (χ3n) is 4.80. The Labute approximate surface area is 116 Å². The second-order valence-corrected chi connectivity index (χ2v) is 8.34. The Morgan fingerprint density at radius 1 is 1.16 bits per heavy atom. The van der Waals surface area contributed by atoms with Gasteiger partial charge in [0.05, 0.1) is 20.1 Å². The van der Waals surface area contributed by atoms with E-state index in [-0.39, 0.29) is 6.10 Å². The minimum Gasteiger partial charge on any atom is -0.321 e. The fraction of sp³-hybridized carbons (Fsp3) is 1.00. The molecule has 1 aliphatic heterocycles. The molecule has 1 unspecified atom stereocenters. The lowest BCUT2D eigenvalue weighted by molar-refractivity contribution is -0.926. The first-order valence-electron chi connectivity index (χ1n) is 7.35. The topological polar surface area (TPSA) is 29.5 Å². The summed E-state index contributed by atoms with van der Waals surface area (Å²) in [4.78, 5) is 0. The van der Waals surface area contributed by atoms with Gasteiger partial charge in [0.15, 0.2) is 0 Å². The van der Waals surface area contributed by atoms with Crippen LogP contribution in [0.25, 0.3) is 0 Å². The van der Waals surface area contributed by atoms with E-state index >= 15 is 0 Å². The summed E-state index contributed by atoms with van der Waals surface area (Å²) in [6.07, 6.45) is 6.40. The molecule has 1 saturated heterocycles. The molecule has 1 aliphatic carbocycles. The minimum absolute atomic E-state index is 0.199. The summed E-state index contributed by atoms with van der Waals surface area (Å²) >= 11 is 0. The van der Waals surface area contributed by atoms with Crippen LogP contribution < -0.4 is 0 Å². The van der Waals surface area contributed by atoms with Crippen LogP contribution in [0.4, 0.5) is 4.20 Å². The van der Waals surface area contributed by atoms with Crippen LogP contribution in [0, 0.1) is 0 Å². The molecule has 0 N–H and O–H groups in total. The zero-order valence-electron chi connectivity index (χ0n) is 12.3. The maximum atomic E-state index is 14.0. The van der Waals surface area contributed by atoms with Crippen LogP contribution in [0.2, 0.25) is 0 Å². The highest BCUT2D eigenvalue weighted by Crippen LogP contribution is 2.53. The molecule has 0 aromatic carbocycles. The molecular weight excluding hydrogens is 266 g/mol. The quantitative estimate of drug-likeness (QED) is 0.589. The Bertz CT molecular complexity index is 359. The summed E-state index contributed by atoms with van der Waals surface area (Å²) in [6, 6.07) is 0.306. The molecule has 0 bridgehead atoms. The molecule has 0 aromatic heterocycles. The van der Waals surface area contributed by atoms with Gasteiger partial charge in [0.2, 0.25) is 0 Å². The number of hydrogen-bond acceptors (Lipinski definition) is 2. The van der Waals surface area contributed by atoms with Gasteiger partial charge < -0.3 is 4.48 Å². The number of hydrogen-bond donors (Lipinski definition) is 0. The van der Waals surface area contributed by atoms with Gasteiger partial charge in [0, 0.05) is 19.3 Å². The van der Waals surface area contributed by atoms with Gasteiger partial charge in [-0.1, -0.05) is 6.42 Å². The van der Waals surface area contributed by atoms with Crippen molar-refractivity contribution in [3.8, 4) is 0 Å². The highest BCUT2D eigenvalue weighted by atomic mass is 31.2. The summed E-state index contributed by atoms with van der Waals surface area (Å²) in [5, 5.41) is 0. The van der Waals surface area contributed by atoms with Gasteiger partial charge in [-0.2, -0.15) is 0 Å². The van der Waals surface area contributed by atoms with Crippen molar-refractivity contribution in [1.29, 1.82) is 0 Å². The Morgan fingerprint density at radius 3 is 2.32 bits per heavy atom. The molecule has 1 heterocycles. The first-order chi connectivity index (χ1) is 8.85.